The number of methoxy groups -OCH3 is 1. The van der Waals surface area contributed by atoms with Gasteiger partial charge in [0, 0.05) is 20.3 Å². The van der Waals surface area contributed by atoms with E-state index in [9.17, 15) is 0 Å². The van der Waals surface area contributed by atoms with Gasteiger partial charge in [-0.1, -0.05) is 23.8 Å². The van der Waals surface area contributed by atoms with Crippen molar-refractivity contribution >= 4 is 17.3 Å². The minimum Gasteiger partial charge on any atom is -0.385 e. The maximum atomic E-state index is 5.29. The monoisotopic (exact) mass is 280 g/mol. The maximum Gasteiger partial charge on any atom is 0.166 e. The SMILES string of the molecule is COCCCNC(=S)NC(C)c1cc(C)ccc1C. The summed E-state index contributed by atoms with van der Waals surface area (Å²) in [4.78, 5) is 0. The van der Waals surface area contributed by atoms with Crippen molar-refractivity contribution in [2.75, 3.05) is 20.3 Å². The molecule has 4 heteroatoms. The van der Waals surface area contributed by atoms with Crippen molar-refractivity contribution in [1.82, 2.24) is 10.6 Å². The van der Waals surface area contributed by atoms with Crippen molar-refractivity contribution in [1.29, 1.82) is 0 Å². The molecule has 0 aliphatic carbocycles. The lowest BCUT2D eigenvalue weighted by Gasteiger charge is -2.19. The van der Waals surface area contributed by atoms with Crippen LogP contribution in [-0.2, 0) is 4.74 Å². The van der Waals surface area contributed by atoms with Gasteiger partial charge in [-0.05, 0) is 50.5 Å². The molecule has 0 aliphatic rings. The highest BCUT2D eigenvalue weighted by Gasteiger charge is 2.09. The fourth-order valence-electron chi connectivity index (χ4n) is 1.97. The minimum atomic E-state index is 0.210. The highest BCUT2D eigenvalue weighted by atomic mass is 32.1. The van der Waals surface area contributed by atoms with Gasteiger partial charge >= 0.3 is 0 Å². The van der Waals surface area contributed by atoms with Gasteiger partial charge in [0.25, 0.3) is 0 Å². The van der Waals surface area contributed by atoms with E-state index in [1.54, 1.807) is 7.11 Å². The van der Waals surface area contributed by atoms with Gasteiger partial charge in [0.1, 0.15) is 0 Å². The number of hydrogen-bond donors (Lipinski definition) is 2. The van der Waals surface area contributed by atoms with Crippen LogP contribution in [0.25, 0.3) is 0 Å². The van der Waals surface area contributed by atoms with Crippen LogP contribution in [0.5, 0.6) is 0 Å². The van der Waals surface area contributed by atoms with Crippen LogP contribution in [-0.4, -0.2) is 25.4 Å². The molecule has 0 amide bonds. The Labute approximate surface area is 121 Å². The second-order valence-corrected chi connectivity index (χ2v) is 5.24. The topological polar surface area (TPSA) is 33.3 Å². The molecule has 0 bridgehead atoms. The van der Waals surface area contributed by atoms with E-state index >= 15 is 0 Å². The lowest BCUT2D eigenvalue weighted by molar-refractivity contribution is 0.195. The Kier molecular flexibility index (Phi) is 6.81. The summed E-state index contributed by atoms with van der Waals surface area (Å²) in [6, 6.07) is 6.70. The summed E-state index contributed by atoms with van der Waals surface area (Å²) in [5.41, 5.74) is 3.85. The van der Waals surface area contributed by atoms with Crippen LogP contribution in [0.2, 0.25) is 0 Å². The van der Waals surface area contributed by atoms with E-state index in [1.165, 1.54) is 16.7 Å². The number of ether oxygens (including phenoxy) is 1. The Bertz CT molecular complexity index is 421. The molecule has 1 aromatic rings. The van der Waals surface area contributed by atoms with E-state index in [2.05, 4.69) is 49.6 Å². The highest BCUT2D eigenvalue weighted by Crippen LogP contribution is 2.18. The summed E-state index contributed by atoms with van der Waals surface area (Å²) >= 11 is 5.29. The molecule has 0 saturated carbocycles. The Hall–Kier alpha value is -1.13. The van der Waals surface area contributed by atoms with Gasteiger partial charge in [0.05, 0.1) is 6.04 Å². The van der Waals surface area contributed by atoms with Crippen molar-refractivity contribution in [2.45, 2.75) is 33.2 Å². The third-order valence-corrected chi connectivity index (χ3v) is 3.32. The average Bonchev–Trinajstić information content (AvgIpc) is 2.37. The number of nitrogens with one attached hydrogen (secondary N) is 2. The van der Waals surface area contributed by atoms with Gasteiger partial charge in [-0.3, -0.25) is 0 Å². The molecule has 1 aromatic carbocycles. The summed E-state index contributed by atoms with van der Waals surface area (Å²) < 4.78 is 5.00. The number of hydrogen-bond acceptors (Lipinski definition) is 2. The fourth-order valence-corrected chi connectivity index (χ4v) is 2.25. The molecular formula is C15H24N2OS. The predicted octanol–water partition coefficient (Wildman–Crippen LogP) is 2.87. The molecule has 0 spiro atoms. The Morgan fingerprint density at radius 3 is 2.79 bits per heavy atom. The summed E-state index contributed by atoms with van der Waals surface area (Å²) in [5, 5.41) is 7.21. The van der Waals surface area contributed by atoms with Gasteiger partial charge in [-0.15, -0.1) is 0 Å². The summed E-state index contributed by atoms with van der Waals surface area (Å²) in [5.74, 6) is 0. The van der Waals surface area contributed by atoms with E-state index in [4.69, 9.17) is 17.0 Å². The number of thiocarbonyl (C=S) groups is 1. The number of aryl methyl sites for hydroxylation is 2. The zero-order valence-corrected chi connectivity index (χ0v) is 13.1. The third kappa shape index (κ3) is 5.57. The number of rotatable bonds is 6. The average molecular weight is 280 g/mol. The molecule has 1 atom stereocenters. The van der Waals surface area contributed by atoms with Crippen molar-refractivity contribution < 1.29 is 4.74 Å². The Balaban J connectivity index is 2.47. The lowest BCUT2D eigenvalue weighted by Crippen LogP contribution is -2.37. The van der Waals surface area contributed by atoms with Crippen LogP contribution in [0.15, 0.2) is 18.2 Å². The van der Waals surface area contributed by atoms with E-state index in [1.807, 2.05) is 0 Å². The first-order chi connectivity index (χ1) is 9.04. The van der Waals surface area contributed by atoms with Crippen LogP contribution >= 0.6 is 12.2 Å². The van der Waals surface area contributed by atoms with E-state index in [-0.39, 0.29) is 6.04 Å². The zero-order valence-electron chi connectivity index (χ0n) is 12.2. The highest BCUT2D eigenvalue weighted by molar-refractivity contribution is 7.80. The minimum absolute atomic E-state index is 0.210. The standard InChI is InChI=1S/C15H24N2OS/c1-11-6-7-12(2)14(10-11)13(3)17-15(19)16-8-5-9-18-4/h6-7,10,13H,5,8-9H2,1-4H3,(H2,16,17,19). The molecule has 0 heterocycles. The first-order valence-electron chi connectivity index (χ1n) is 6.65. The van der Waals surface area contributed by atoms with Crippen molar-refractivity contribution in [3.05, 3.63) is 34.9 Å². The van der Waals surface area contributed by atoms with Gasteiger partial charge in [-0.25, -0.2) is 0 Å². The molecule has 0 aliphatic heterocycles. The van der Waals surface area contributed by atoms with Crippen LogP contribution in [0.4, 0.5) is 0 Å². The van der Waals surface area contributed by atoms with Gasteiger partial charge in [0.2, 0.25) is 0 Å². The molecule has 3 nitrogen and oxygen atoms in total. The van der Waals surface area contributed by atoms with Crippen molar-refractivity contribution in [2.24, 2.45) is 0 Å². The first kappa shape index (κ1) is 15.9. The maximum absolute atomic E-state index is 5.29. The quantitative estimate of drug-likeness (QED) is 0.620. The smallest absolute Gasteiger partial charge is 0.166 e. The molecule has 2 N–H and O–H groups in total. The van der Waals surface area contributed by atoms with Crippen LogP contribution in [0, 0.1) is 13.8 Å². The molecular weight excluding hydrogens is 256 g/mol. The van der Waals surface area contributed by atoms with E-state index < -0.39 is 0 Å². The Morgan fingerprint density at radius 2 is 2.11 bits per heavy atom. The molecule has 1 unspecified atom stereocenters. The second-order valence-electron chi connectivity index (χ2n) is 4.83. The van der Waals surface area contributed by atoms with Gasteiger partial charge in [-0.2, -0.15) is 0 Å². The number of benzene rings is 1. The molecule has 106 valence electrons. The summed E-state index contributed by atoms with van der Waals surface area (Å²) in [6.45, 7) is 7.95. The molecule has 0 fully saturated rings. The van der Waals surface area contributed by atoms with Gasteiger partial charge in [0.15, 0.2) is 5.11 Å². The van der Waals surface area contributed by atoms with E-state index in [0.29, 0.717) is 5.11 Å². The molecule has 0 radical (unpaired) electrons. The normalized spacial score (nSPS) is 12.0. The van der Waals surface area contributed by atoms with Crippen LogP contribution in [0.3, 0.4) is 0 Å². The zero-order chi connectivity index (χ0) is 14.3. The van der Waals surface area contributed by atoms with Crippen molar-refractivity contribution in [3.8, 4) is 0 Å². The fraction of sp³-hybridized carbons (Fsp3) is 0.533. The molecule has 1 rings (SSSR count). The lowest BCUT2D eigenvalue weighted by atomic mass is 10.0. The first-order valence-corrected chi connectivity index (χ1v) is 7.06. The molecule has 19 heavy (non-hydrogen) atoms. The summed E-state index contributed by atoms with van der Waals surface area (Å²) in [6.07, 6.45) is 0.955. The molecule has 0 saturated heterocycles. The predicted molar refractivity (Wildman–Crippen MR) is 84.6 cm³/mol. The largest absolute Gasteiger partial charge is 0.385 e. The Morgan fingerprint density at radius 1 is 1.37 bits per heavy atom. The van der Waals surface area contributed by atoms with Crippen molar-refractivity contribution in [3.63, 3.8) is 0 Å². The van der Waals surface area contributed by atoms with Gasteiger partial charge < -0.3 is 15.4 Å². The second kappa shape index (κ2) is 8.12. The van der Waals surface area contributed by atoms with Crippen LogP contribution < -0.4 is 10.6 Å². The third-order valence-electron chi connectivity index (χ3n) is 3.06. The van der Waals surface area contributed by atoms with Crippen LogP contribution in [0.1, 0.15) is 36.1 Å². The summed E-state index contributed by atoms with van der Waals surface area (Å²) in [7, 11) is 1.71. The van der Waals surface area contributed by atoms with E-state index in [0.717, 1.165) is 19.6 Å². The molecule has 0 aromatic heterocycles.